The van der Waals surface area contributed by atoms with E-state index in [0.29, 0.717) is 44.9 Å². The SMILES string of the molecule is CC1CC(C)CN(C(=O)c2ccccc2NC(=O)Cn2c3ccccc3c(=O)c3ccccc32)C1. The first-order valence-electron chi connectivity index (χ1n) is 12.1. The molecule has 3 aromatic carbocycles. The fourth-order valence-corrected chi connectivity index (χ4v) is 5.36. The molecule has 0 bridgehead atoms. The molecule has 2 heterocycles. The van der Waals surface area contributed by atoms with Gasteiger partial charge in [0.05, 0.1) is 22.3 Å². The molecule has 4 aromatic rings. The predicted octanol–water partition coefficient (Wildman–Crippen LogP) is 4.91. The standard InChI is InChI=1S/C29H29N3O3/c1-19-15-20(2)17-31(16-19)29(35)21-9-3-6-12-24(21)30-27(33)18-32-25-13-7-4-10-22(25)28(34)23-11-5-8-14-26(23)32/h3-14,19-20H,15-18H2,1-2H3,(H,30,33). The number of benzene rings is 3. The molecule has 178 valence electrons. The molecule has 1 aliphatic heterocycles. The second kappa shape index (κ2) is 9.37. The van der Waals surface area contributed by atoms with Crippen molar-refractivity contribution in [1.82, 2.24) is 9.47 Å². The Morgan fingerprint density at radius 1 is 0.829 bits per heavy atom. The summed E-state index contributed by atoms with van der Waals surface area (Å²) in [5.41, 5.74) is 2.35. The van der Waals surface area contributed by atoms with Gasteiger partial charge in [-0.2, -0.15) is 0 Å². The average molecular weight is 468 g/mol. The monoisotopic (exact) mass is 467 g/mol. The summed E-state index contributed by atoms with van der Waals surface area (Å²) < 4.78 is 1.86. The fraction of sp³-hybridized carbons (Fsp3) is 0.276. The van der Waals surface area contributed by atoms with Crippen molar-refractivity contribution in [3.8, 4) is 0 Å². The first-order valence-corrected chi connectivity index (χ1v) is 12.1. The molecular formula is C29H29N3O3. The van der Waals surface area contributed by atoms with E-state index in [1.54, 1.807) is 24.3 Å². The molecule has 0 saturated carbocycles. The Labute approximate surface area is 204 Å². The van der Waals surface area contributed by atoms with Crippen molar-refractivity contribution in [1.29, 1.82) is 0 Å². The minimum atomic E-state index is -0.260. The number of carbonyl (C=O) groups excluding carboxylic acids is 2. The van der Waals surface area contributed by atoms with Crippen LogP contribution in [0.5, 0.6) is 0 Å². The van der Waals surface area contributed by atoms with Crippen LogP contribution in [0.2, 0.25) is 0 Å². The molecule has 2 atom stereocenters. The second-order valence-corrected chi connectivity index (χ2v) is 9.70. The third kappa shape index (κ3) is 4.44. The lowest BCUT2D eigenvalue weighted by Crippen LogP contribution is -2.42. The lowest BCUT2D eigenvalue weighted by Gasteiger charge is -2.35. The zero-order valence-electron chi connectivity index (χ0n) is 20.0. The minimum Gasteiger partial charge on any atom is -0.338 e. The number of hydrogen-bond donors (Lipinski definition) is 1. The zero-order valence-corrected chi connectivity index (χ0v) is 20.0. The third-order valence-electron chi connectivity index (χ3n) is 6.77. The van der Waals surface area contributed by atoms with E-state index in [1.807, 2.05) is 58.0 Å². The van der Waals surface area contributed by atoms with Crippen molar-refractivity contribution in [3.05, 3.63) is 88.6 Å². The van der Waals surface area contributed by atoms with Crippen LogP contribution in [0, 0.1) is 11.8 Å². The summed E-state index contributed by atoms with van der Waals surface area (Å²) in [7, 11) is 0. The first kappa shape index (κ1) is 22.8. The topological polar surface area (TPSA) is 71.4 Å². The van der Waals surface area contributed by atoms with E-state index < -0.39 is 0 Å². The molecule has 5 rings (SSSR count). The van der Waals surface area contributed by atoms with Gasteiger partial charge in [0, 0.05) is 23.9 Å². The average Bonchev–Trinajstić information content (AvgIpc) is 2.86. The Bertz CT molecular complexity index is 1420. The highest BCUT2D eigenvalue weighted by Gasteiger charge is 2.27. The van der Waals surface area contributed by atoms with Crippen LogP contribution in [0.25, 0.3) is 21.8 Å². The van der Waals surface area contributed by atoms with Gasteiger partial charge < -0.3 is 14.8 Å². The molecule has 1 aromatic heterocycles. The lowest BCUT2D eigenvalue weighted by molar-refractivity contribution is -0.116. The van der Waals surface area contributed by atoms with Gasteiger partial charge >= 0.3 is 0 Å². The molecule has 1 fully saturated rings. The molecule has 1 aliphatic rings. The summed E-state index contributed by atoms with van der Waals surface area (Å²) >= 11 is 0. The largest absolute Gasteiger partial charge is 0.338 e. The van der Waals surface area contributed by atoms with Crippen LogP contribution in [0.4, 0.5) is 5.69 Å². The number of para-hydroxylation sites is 3. The van der Waals surface area contributed by atoms with E-state index in [1.165, 1.54) is 0 Å². The highest BCUT2D eigenvalue weighted by Crippen LogP contribution is 2.25. The number of fused-ring (bicyclic) bond motifs is 2. The summed E-state index contributed by atoms with van der Waals surface area (Å²) in [6.07, 6.45) is 1.11. The van der Waals surface area contributed by atoms with Crippen molar-refractivity contribution in [2.75, 3.05) is 18.4 Å². The minimum absolute atomic E-state index is 0.0155. The van der Waals surface area contributed by atoms with Gasteiger partial charge in [0.2, 0.25) is 5.91 Å². The van der Waals surface area contributed by atoms with Gasteiger partial charge in [-0.05, 0) is 54.7 Å². The van der Waals surface area contributed by atoms with Gasteiger partial charge in [-0.25, -0.2) is 0 Å². The smallest absolute Gasteiger partial charge is 0.255 e. The summed E-state index contributed by atoms with van der Waals surface area (Å²) in [5, 5.41) is 4.10. The number of pyridine rings is 1. The Kier molecular flexibility index (Phi) is 6.12. The van der Waals surface area contributed by atoms with Gasteiger partial charge in [0.1, 0.15) is 6.54 Å². The summed E-state index contributed by atoms with van der Waals surface area (Å²) in [4.78, 5) is 41.5. The number of amides is 2. The number of nitrogens with zero attached hydrogens (tertiary/aromatic N) is 2. The summed E-state index contributed by atoms with van der Waals surface area (Å²) in [6.45, 7) is 5.80. The van der Waals surface area contributed by atoms with Crippen molar-refractivity contribution >= 4 is 39.3 Å². The maximum atomic E-state index is 13.4. The highest BCUT2D eigenvalue weighted by atomic mass is 16.2. The van der Waals surface area contributed by atoms with Crippen LogP contribution in [0.3, 0.4) is 0 Å². The summed E-state index contributed by atoms with van der Waals surface area (Å²) in [6, 6.07) is 21.8. The summed E-state index contributed by atoms with van der Waals surface area (Å²) in [5.74, 6) is 0.584. The maximum Gasteiger partial charge on any atom is 0.255 e. The normalized spacial score (nSPS) is 18.1. The van der Waals surface area contributed by atoms with E-state index in [2.05, 4.69) is 19.2 Å². The fourth-order valence-electron chi connectivity index (χ4n) is 5.36. The number of hydrogen-bond acceptors (Lipinski definition) is 3. The van der Waals surface area contributed by atoms with Crippen LogP contribution in [-0.4, -0.2) is 34.4 Å². The molecular weight excluding hydrogens is 438 g/mol. The Balaban J connectivity index is 1.46. The molecule has 2 unspecified atom stereocenters. The highest BCUT2D eigenvalue weighted by molar-refractivity contribution is 6.04. The maximum absolute atomic E-state index is 13.4. The zero-order chi connectivity index (χ0) is 24.5. The van der Waals surface area contributed by atoms with Crippen LogP contribution in [0.15, 0.2) is 77.6 Å². The van der Waals surface area contributed by atoms with Crippen molar-refractivity contribution in [2.24, 2.45) is 11.8 Å². The van der Waals surface area contributed by atoms with Gasteiger partial charge in [-0.1, -0.05) is 50.2 Å². The van der Waals surface area contributed by atoms with Crippen molar-refractivity contribution < 1.29 is 9.59 Å². The lowest BCUT2D eigenvalue weighted by atomic mass is 9.91. The van der Waals surface area contributed by atoms with Gasteiger partial charge in [-0.15, -0.1) is 0 Å². The number of anilines is 1. The molecule has 0 aliphatic carbocycles. The van der Waals surface area contributed by atoms with E-state index >= 15 is 0 Å². The van der Waals surface area contributed by atoms with Crippen LogP contribution >= 0.6 is 0 Å². The van der Waals surface area contributed by atoms with Crippen molar-refractivity contribution in [3.63, 3.8) is 0 Å². The van der Waals surface area contributed by atoms with Gasteiger partial charge in [0.15, 0.2) is 5.43 Å². The Hall–Kier alpha value is -3.93. The molecule has 2 amide bonds. The van der Waals surface area contributed by atoms with Crippen LogP contribution in [-0.2, 0) is 11.3 Å². The van der Waals surface area contributed by atoms with Crippen molar-refractivity contribution in [2.45, 2.75) is 26.8 Å². The molecule has 0 radical (unpaired) electrons. The molecule has 6 heteroatoms. The number of aromatic nitrogens is 1. The Morgan fingerprint density at radius 3 is 2.00 bits per heavy atom. The molecule has 1 saturated heterocycles. The Morgan fingerprint density at radius 2 is 1.37 bits per heavy atom. The second-order valence-electron chi connectivity index (χ2n) is 9.70. The third-order valence-corrected chi connectivity index (χ3v) is 6.77. The number of rotatable bonds is 4. The molecule has 6 nitrogen and oxygen atoms in total. The van der Waals surface area contributed by atoms with Crippen LogP contribution < -0.4 is 10.7 Å². The number of nitrogens with one attached hydrogen (secondary N) is 1. The van der Waals surface area contributed by atoms with E-state index in [-0.39, 0.29) is 23.8 Å². The number of carbonyl (C=O) groups is 2. The quantitative estimate of drug-likeness (QED) is 0.434. The van der Waals surface area contributed by atoms with E-state index in [0.717, 1.165) is 19.5 Å². The van der Waals surface area contributed by atoms with E-state index in [4.69, 9.17) is 0 Å². The van der Waals surface area contributed by atoms with E-state index in [9.17, 15) is 14.4 Å². The molecule has 1 N–H and O–H groups in total. The number of piperidine rings is 1. The molecule has 0 spiro atoms. The predicted molar refractivity (Wildman–Crippen MR) is 140 cm³/mol. The number of likely N-dealkylation sites (tertiary alicyclic amines) is 1. The first-order chi connectivity index (χ1) is 16.9. The molecule has 35 heavy (non-hydrogen) atoms. The van der Waals surface area contributed by atoms with Crippen LogP contribution in [0.1, 0.15) is 30.6 Å². The van der Waals surface area contributed by atoms with Gasteiger partial charge in [0.25, 0.3) is 5.91 Å². The van der Waals surface area contributed by atoms with Gasteiger partial charge in [-0.3, -0.25) is 14.4 Å².